The average Bonchev–Trinajstić information content (AvgIpc) is 2.54. The van der Waals surface area contributed by atoms with Gasteiger partial charge in [0.15, 0.2) is 0 Å². The summed E-state index contributed by atoms with van der Waals surface area (Å²) in [6.45, 7) is 2.25. The Balaban J connectivity index is 1.89. The van der Waals surface area contributed by atoms with E-state index in [4.69, 9.17) is 4.74 Å². The Morgan fingerprint density at radius 2 is 2.05 bits per heavy atom. The minimum Gasteiger partial charge on any atom is -0.474 e. The molecule has 1 aliphatic rings. The van der Waals surface area contributed by atoms with Gasteiger partial charge in [0.05, 0.1) is 12.1 Å². The van der Waals surface area contributed by atoms with Gasteiger partial charge in [0, 0.05) is 11.5 Å². The van der Waals surface area contributed by atoms with Crippen molar-refractivity contribution in [1.29, 1.82) is 0 Å². The van der Waals surface area contributed by atoms with Gasteiger partial charge < -0.3 is 9.84 Å². The van der Waals surface area contributed by atoms with Gasteiger partial charge in [0.1, 0.15) is 6.10 Å². The van der Waals surface area contributed by atoms with E-state index < -0.39 is 0 Å². The van der Waals surface area contributed by atoms with Crippen molar-refractivity contribution in [2.24, 2.45) is 5.92 Å². The molecule has 1 aromatic carbocycles. The molecule has 2 atom stereocenters. The summed E-state index contributed by atoms with van der Waals surface area (Å²) in [7, 11) is 0. The Hall–Kier alpha value is -1.61. The van der Waals surface area contributed by atoms with Crippen molar-refractivity contribution in [2.75, 3.05) is 0 Å². The van der Waals surface area contributed by atoms with Crippen LogP contribution < -0.4 is 4.74 Å². The van der Waals surface area contributed by atoms with E-state index in [0.29, 0.717) is 11.8 Å². The summed E-state index contributed by atoms with van der Waals surface area (Å²) in [5, 5.41) is 10.6. The molecule has 1 fully saturated rings. The molecule has 0 aliphatic heterocycles. The number of fused-ring (bicyclic) bond motifs is 1. The predicted octanol–water partition coefficient (Wildman–Crippen LogP) is 4.07. The number of aromatic nitrogens is 1. The highest BCUT2D eigenvalue weighted by Crippen LogP contribution is 2.31. The van der Waals surface area contributed by atoms with Crippen molar-refractivity contribution >= 4 is 10.9 Å². The van der Waals surface area contributed by atoms with Crippen molar-refractivity contribution in [3.8, 4) is 5.88 Å². The van der Waals surface area contributed by atoms with Crippen LogP contribution in [0.4, 0.5) is 0 Å². The quantitative estimate of drug-likeness (QED) is 0.920. The Bertz CT molecular complexity index is 611. The van der Waals surface area contributed by atoms with E-state index in [-0.39, 0.29) is 12.7 Å². The molecular formula is C18H23NO2. The van der Waals surface area contributed by atoms with Crippen molar-refractivity contribution in [1.82, 2.24) is 4.98 Å². The number of pyridine rings is 1. The van der Waals surface area contributed by atoms with Crippen LogP contribution in [-0.2, 0) is 6.61 Å². The molecule has 0 amide bonds. The van der Waals surface area contributed by atoms with Gasteiger partial charge in [-0.15, -0.1) is 0 Å². The number of aliphatic hydroxyl groups is 1. The Morgan fingerprint density at radius 3 is 2.86 bits per heavy atom. The molecular weight excluding hydrogens is 262 g/mol. The second-order valence-electron chi connectivity index (χ2n) is 5.90. The third kappa shape index (κ3) is 3.03. The molecule has 1 N–H and O–H groups in total. The number of rotatable bonds is 4. The monoisotopic (exact) mass is 285 g/mol. The molecule has 1 aliphatic carbocycles. The first kappa shape index (κ1) is 14.3. The molecule has 0 spiro atoms. The smallest absolute Gasteiger partial charge is 0.214 e. The number of ether oxygens (including phenoxy) is 1. The molecule has 1 aromatic heterocycles. The van der Waals surface area contributed by atoms with Crippen LogP contribution in [0.5, 0.6) is 5.88 Å². The Kier molecular flexibility index (Phi) is 4.39. The molecule has 0 bridgehead atoms. The van der Waals surface area contributed by atoms with Gasteiger partial charge >= 0.3 is 0 Å². The standard InChI is InChI=1S/C18H23NO2/c1-2-13-7-3-6-10-17(13)21-18-11-14(12-20)15-8-4-5-9-16(15)19-18/h4-5,8-9,11,13,17,20H,2-3,6-7,10,12H2,1H3. The minimum atomic E-state index is 0.0151. The van der Waals surface area contributed by atoms with Crippen LogP contribution in [0.1, 0.15) is 44.6 Å². The van der Waals surface area contributed by atoms with Crippen LogP contribution >= 0.6 is 0 Å². The van der Waals surface area contributed by atoms with E-state index >= 15 is 0 Å². The van der Waals surface area contributed by atoms with Crippen molar-refractivity contribution in [3.63, 3.8) is 0 Å². The van der Waals surface area contributed by atoms with E-state index in [0.717, 1.165) is 29.3 Å². The Labute approximate surface area is 126 Å². The summed E-state index contributed by atoms with van der Waals surface area (Å²) in [4.78, 5) is 4.61. The highest BCUT2D eigenvalue weighted by Gasteiger charge is 2.25. The first-order valence-electron chi connectivity index (χ1n) is 7.98. The third-order valence-corrected chi connectivity index (χ3v) is 4.58. The molecule has 3 nitrogen and oxygen atoms in total. The number of para-hydroxylation sites is 1. The van der Waals surface area contributed by atoms with Crippen LogP contribution in [0.15, 0.2) is 30.3 Å². The SMILES string of the molecule is CCC1CCCCC1Oc1cc(CO)c2ccccc2n1. The van der Waals surface area contributed by atoms with Crippen LogP contribution in [0.3, 0.4) is 0 Å². The molecule has 2 aromatic rings. The zero-order valence-electron chi connectivity index (χ0n) is 12.6. The third-order valence-electron chi connectivity index (χ3n) is 4.58. The maximum atomic E-state index is 9.58. The lowest BCUT2D eigenvalue weighted by atomic mass is 9.85. The van der Waals surface area contributed by atoms with Gasteiger partial charge in [0.2, 0.25) is 5.88 Å². The number of nitrogens with zero attached hydrogens (tertiary/aromatic N) is 1. The zero-order chi connectivity index (χ0) is 14.7. The average molecular weight is 285 g/mol. The van der Waals surface area contributed by atoms with E-state index in [2.05, 4.69) is 11.9 Å². The largest absolute Gasteiger partial charge is 0.474 e. The summed E-state index contributed by atoms with van der Waals surface area (Å²) >= 11 is 0. The fourth-order valence-corrected chi connectivity index (χ4v) is 3.36. The van der Waals surface area contributed by atoms with E-state index in [1.54, 1.807) is 0 Å². The van der Waals surface area contributed by atoms with Crippen LogP contribution in [-0.4, -0.2) is 16.2 Å². The van der Waals surface area contributed by atoms with Gasteiger partial charge in [-0.3, -0.25) is 0 Å². The van der Waals surface area contributed by atoms with E-state index in [1.807, 2.05) is 30.3 Å². The van der Waals surface area contributed by atoms with Crippen molar-refractivity contribution in [2.45, 2.75) is 51.7 Å². The highest BCUT2D eigenvalue weighted by atomic mass is 16.5. The van der Waals surface area contributed by atoms with Gasteiger partial charge in [-0.1, -0.05) is 31.5 Å². The molecule has 3 rings (SSSR count). The summed E-state index contributed by atoms with van der Waals surface area (Å²) in [6, 6.07) is 9.80. The zero-order valence-corrected chi connectivity index (χ0v) is 12.6. The van der Waals surface area contributed by atoms with E-state index in [9.17, 15) is 5.11 Å². The van der Waals surface area contributed by atoms with Crippen LogP contribution in [0.25, 0.3) is 10.9 Å². The van der Waals surface area contributed by atoms with Gasteiger partial charge in [-0.25, -0.2) is 4.98 Å². The second kappa shape index (κ2) is 6.44. The fourth-order valence-electron chi connectivity index (χ4n) is 3.36. The molecule has 0 saturated heterocycles. The topological polar surface area (TPSA) is 42.4 Å². The minimum absolute atomic E-state index is 0.0151. The highest BCUT2D eigenvalue weighted by molar-refractivity contribution is 5.82. The molecule has 0 radical (unpaired) electrons. The summed E-state index contributed by atoms with van der Waals surface area (Å²) in [5.74, 6) is 1.28. The van der Waals surface area contributed by atoms with Gasteiger partial charge in [-0.05, 0) is 43.2 Å². The van der Waals surface area contributed by atoms with Crippen LogP contribution in [0, 0.1) is 5.92 Å². The van der Waals surface area contributed by atoms with Gasteiger partial charge in [0.25, 0.3) is 0 Å². The summed E-state index contributed by atoms with van der Waals surface area (Å²) < 4.78 is 6.19. The van der Waals surface area contributed by atoms with Crippen LogP contribution in [0.2, 0.25) is 0 Å². The first-order valence-corrected chi connectivity index (χ1v) is 7.98. The van der Waals surface area contributed by atoms with E-state index in [1.165, 1.54) is 19.3 Å². The van der Waals surface area contributed by atoms with Crippen molar-refractivity contribution < 1.29 is 9.84 Å². The van der Waals surface area contributed by atoms with Crippen molar-refractivity contribution in [3.05, 3.63) is 35.9 Å². The number of aliphatic hydroxyl groups excluding tert-OH is 1. The molecule has 1 saturated carbocycles. The maximum absolute atomic E-state index is 9.58. The second-order valence-corrected chi connectivity index (χ2v) is 5.90. The summed E-state index contributed by atoms with van der Waals surface area (Å²) in [5.41, 5.74) is 1.78. The fraction of sp³-hybridized carbons (Fsp3) is 0.500. The Morgan fingerprint density at radius 1 is 1.24 bits per heavy atom. The lowest BCUT2D eigenvalue weighted by Crippen LogP contribution is -2.30. The summed E-state index contributed by atoms with van der Waals surface area (Å²) in [6.07, 6.45) is 6.34. The number of hydrogen-bond acceptors (Lipinski definition) is 3. The molecule has 3 heteroatoms. The molecule has 1 heterocycles. The lowest BCUT2D eigenvalue weighted by molar-refractivity contribution is 0.0860. The first-order chi connectivity index (χ1) is 10.3. The number of hydrogen-bond donors (Lipinski definition) is 1. The normalized spacial score (nSPS) is 22.4. The molecule has 21 heavy (non-hydrogen) atoms. The molecule has 2 unspecified atom stereocenters. The van der Waals surface area contributed by atoms with Gasteiger partial charge in [-0.2, -0.15) is 0 Å². The predicted molar refractivity (Wildman–Crippen MR) is 84.3 cm³/mol. The maximum Gasteiger partial charge on any atom is 0.214 e. The molecule has 112 valence electrons. The number of benzene rings is 1. The lowest BCUT2D eigenvalue weighted by Gasteiger charge is -2.31.